The number of hydrogen-bond donors (Lipinski definition) is 2. The first kappa shape index (κ1) is 17.8. The number of aromatic hydroxyl groups is 1. The molecule has 7 heteroatoms. The molecule has 0 fully saturated rings. The minimum atomic E-state index is -0.514. The van der Waals surface area contributed by atoms with Gasteiger partial charge >= 0.3 is 0 Å². The fourth-order valence-corrected chi connectivity index (χ4v) is 3.11. The molecule has 0 bridgehead atoms. The Balaban J connectivity index is 1.64. The van der Waals surface area contributed by atoms with E-state index in [1.54, 1.807) is 42.5 Å². The van der Waals surface area contributed by atoms with Crippen LogP contribution in [0.25, 0.3) is 0 Å². The average molecular weight is 393 g/mol. The van der Waals surface area contributed by atoms with Crippen LogP contribution >= 0.6 is 11.6 Å². The molecule has 28 heavy (non-hydrogen) atoms. The molecule has 6 nitrogen and oxygen atoms in total. The van der Waals surface area contributed by atoms with Crippen molar-refractivity contribution < 1.29 is 19.5 Å². The molecule has 0 aromatic heterocycles. The maximum absolute atomic E-state index is 12.8. The largest absolute Gasteiger partial charge is 0.506 e. The van der Waals surface area contributed by atoms with Gasteiger partial charge in [-0.25, -0.2) is 4.90 Å². The summed E-state index contributed by atoms with van der Waals surface area (Å²) in [5, 5.41) is 12.9. The van der Waals surface area contributed by atoms with Crippen LogP contribution in [0.3, 0.4) is 0 Å². The fourth-order valence-electron chi connectivity index (χ4n) is 2.98. The fraction of sp³-hybridized carbons (Fsp3) is 0. The molecular formula is C21H13ClN2O4. The van der Waals surface area contributed by atoms with Crippen molar-refractivity contribution in [3.8, 4) is 5.75 Å². The summed E-state index contributed by atoms with van der Waals surface area (Å²) in [6.45, 7) is 0. The SMILES string of the molecule is O=C(Nc1ccccc1O)c1ccc2c(c1)C(=O)N(c1ccc(Cl)cc1)C2=O. The number of nitrogens with one attached hydrogen (secondary N) is 1. The molecule has 3 amide bonds. The van der Waals surface area contributed by atoms with E-state index in [0.29, 0.717) is 10.7 Å². The molecule has 1 aliphatic heterocycles. The Labute approximate surface area is 165 Å². The van der Waals surface area contributed by atoms with E-state index in [1.165, 1.54) is 24.3 Å². The van der Waals surface area contributed by atoms with Crippen molar-refractivity contribution in [2.24, 2.45) is 0 Å². The molecule has 3 aromatic rings. The zero-order valence-corrected chi connectivity index (χ0v) is 15.1. The van der Waals surface area contributed by atoms with Crippen LogP contribution in [0.4, 0.5) is 11.4 Å². The second-order valence-electron chi connectivity index (χ2n) is 6.15. The number of para-hydroxylation sites is 2. The van der Waals surface area contributed by atoms with Gasteiger partial charge in [-0.3, -0.25) is 14.4 Å². The van der Waals surface area contributed by atoms with Gasteiger partial charge in [0.2, 0.25) is 0 Å². The lowest BCUT2D eigenvalue weighted by molar-refractivity contribution is 0.0925. The van der Waals surface area contributed by atoms with E-state index in [9.17, 15) is 19.5 Å². The van der Waals surface area contributed by atoms with Gasteiger partial charge in [-0.1, -0.05) is 23.7 Å². The summed E-state index contributed by atoms with van der Waals surface area (Å²) < 4.78 is 0. The van der Waals surface area contributed by atoms with Crippen LogP contribution in [0.15, 0.2) is 66.7 Å². The van der Waals surface area contributed by atoms with Gasteiger partial charge in [-0.05, 0) is 54.6 Å². The summed E-state index contributed by atoms with van der Waals surface area (Å²) in [6, 6.07) is 16.9. The van der Waals surface area contributed by atoms with E-state index in [-0.39, 0.29) is 28.1 Å². The number of nitrogens with zero attached hydrogens (tertiary/aromatic N) is 1. The molecule has 0 spiro atoms. The average Bonchev–Trinajstić information content (AvgIpc) is 2.94. The number of rotatable bonds is 3. The summed E-state index contributed by atoms with van der Waals surface area (Å²) in [4.78, 5) is 39.0. The van der Waals surface area contributed by atoms with Gasteiger partial charge in [0.15, 0.2) is 0 Å². The van der Waals surface area contributed by atoms with Crippen LogP contribution in [-0.4, -0.2) is 22.8 Å². The van der Waals surface area contributed by atoms with Crippen molar-refractivity contribution in [1.29, 1.82) is 0 Å². The summed E-state index contributed by atoms with van der Waals surface area (Å²) in [7, 11) is 0. The van der Waals surface area contributed by atoms with Gasteiger partial charge in [-0.15, -0.1) is 0 Å². The number of fused-ring (bicyclic) bond motifs is 1. The Bertz CT molecular complexity index is 1130. The van der Waals surface area contributed by atoms with Gasteiger partial charge in [0.25, 0.3) is 17.7 Å². The predicted molar refractivity (Wildman–Crippen MR) is 105 cm³/mol. The van der Waals surface area contributed by atoms with Crippen molar-refractivity contribution in [2.75, 3.05) is 10.2 Å². The van der Waals surface area contributed by atoms with E-state index in [4.69, 9.17) is 11.6 Å². The van der Waals surface area contributed by atoms with Crippen molar-refractivity contribution >= 4 is 40.7 Å². The number of carbonyl (C=O) groups excluding carboxylic acids is 3. The van der Waals surface area contributed by atoms with E-state index in [1.807, 2.05) is 0 Å². The Kier molecular flexibility index (Phi) is 4.33. The minimum absolute atomic E-state index is 0.0721. The Morgan fingerprint density at radius 2 is 1.57 bits per heavy atom. The van der Waals surface area contributed by atoms with Gasteiger partial charge in [0.05, 0.1) is 22.5 Å². The molecule has 0 atom stereocenters. The molecule has 0 unspecified atom stereocenters. The molecular weight excluding hydrogens is 380 g/mol. The van der Waals surface area contributed by atoms with Gasteiger partial charge in [-0.2, -0.15) is 0 Å². The van der Waals surface area contributed by atoms with Crippen molar-refractivity contribution in [3.63, 3.8) is 0 Å². The number of halogens is 1. The quantitative estimate of drug-likeness (QED) is 0.519. The second kappa shape index (κ2) is 6.83. The first-order chi connectivity index (χ1) is 13.5. The van der Waals surface area contributed by atoms with Gasteiger partial charge in [0.1, 0.15) is 5.75 Å². The Hall–Kier alpha value is -3.64. The van der Waals surface area contributed by atoms with Crippen LogP contribution in [0.1, 0.15) is 31.1 Å². The van der Waals surface area contributed by atoms with Crippen LogP contribution in [0.2, 0.25) is 5.02 Å². The molecule has 0 saturated carbocycles. The number of carbonyl (C=O) groups is 3. The molecule has 1 heterocycles. The van der Waals surface area contributed by atoms with E-state index in [2.05, 4.69) is 5.32 Å². The third-order valence-electron chi connectivity index (χ3n) is 4.39. The first-order valence-electron chi connectivity index (χ1n) is 8.33. The van der Waals surface area contributed by atoms with Gasteiger partial charge in [0, 0.05) is 10.6 Å². The molecule has 4 rings (SSSR count). The molecule has 0 radical (unpaired) electrons. The van der Waals surface area contributed by atoms with Crippen LogP contribution < -0.4 is 10.2 Å². The Morgan fingerprint density at radius 1 is 0.893 bits per heavy atom. The maximum Gasteiger partial charge on any atom is 0.266 e. The summed E-state index contributed by atoms with van der Waals surface area (Å²) >= 11 is 5.86. The molecule has 2 N–H and O–H groups in total. The number of benzene rings is 3. The standard InChI is InChI=1S/C21H13ClN2O4/c22-13-6-8-14(9-7-13)24-20(27)15-10-5-12(11-16(15)21(24)28)19(26)23-17-3-1-2-4-18(17)25/h1-11,25H,(H,23,26). The lowest BCUT2D eigenvalue weighted by atomic mass is 10.1. The molecule has 0 saturated heterocycles. The summed E-state index contributed by atoms with van der Waals surface area (Å²) in [6.07, 6.45) is 0. The second-order valence-corrected chi connectivity index (χ2v) is 6.59. The highest BCUT2D eigenvalue weighted by Gasteiger charge is 2.37. The van der Waals surface area contributed by atoms with Crippen LogP contribution in [0.5, 0.6) is 5.75 Å². The zero-order valence-electron chi connectivity index (χ0n) is 14.3. The zero-order chi connectivity index (χ0) is 19.8. The number of phenolic OH excluding ortho intramolecular Hbond substituents is 1. The number of anilines is 2. The third-order valence-corrected chi connectivity index (χ3v) is 4.64. The summed E-state index contributed by atoms with van der Waals surface area (Å²) in [5.74, 6) is -1.55. The lowest BCUT2D eigenvalue weighted by Gasteiger charge is -2.13. The molecule has 138 valence electrons. The summed E-state index contributed by atoms with van der Waals surface area (Å²) in [5.41, 5.74) is 1.21. The van der Waals surface area contributed by atoms with Crippen molar-refractivity contribution in [1.82, 2.24) is 0 Å². The highest BCUT2D eigenvalue weighted by atomic mass is 35.5. The molecule has 0 aliphatic carbocycles. The normalized spacial score (nSPS) is 12.8. The highest BCUT2D eigenvalue weighted by molar-refractivity contribution is 6.35. The monoisotopic (exact) mass is 392 g/mol. The number of imide groups is 1. The first-order valence-corrected chi connectivity index (χ1v) is 8.71. The smallest absolute Gasteiger partial charge is 0.266 e. The highest BCUT2D eigenvalue weighted by Crippen LogP contribution is 2.30. The maximum atomic E-state index is 12.8. The van der Waals surface area contributed by atoms with E-state index >= 15 is 0 Å². The third kappa shape index (κ3) is 3.00. The van der Waals surface area contributed by atoms with Crippen molar-refractivity contribution in [3.05, 3.63) is 88.4 Å². The number of hydrogen-bond acceptors (Lipinski definition) is 4. The van der Waals surface area contributed by atoms with Crippen molar-refractivity contribution in [2.45, 2.75) is 0 Å². The molecule has 1 aliphatic rings. The van der Waals surface area contributed by atoms with Crippen LogP contribution in [-0.2, 0) is 0 Å². The van der Waals surface area contributed by atoms with Gasteiger partial charge < -0.3 is 10.4 Å². The van der Waals surface area contributed by atoms with E-state index < -0.39 is 17.7 Å². The molecule has 3 aromatic carbocycles. The minimum Gasteiger partial charge on any atom is -0.506 e. The number of phenols is 1. The van der Waals surface area contributed by atoms with Crippen LogP contribution in [0, 0.1) is 0 Å². The number of amides is 3. The van der Waals surface area contributed by atoms with E-state index in [0.717, 1.165) is 4.90 Å². The predicted octanol–water partition coefficient (Wildman–Crippen LogP) is 4.10. The lowest BCUT2D eigenvalue weighted by Crippen LogP contribution is -2.29. The topological polar surface area (TPSA) is 86.7 Å². The Morgan fingerprint density at radius 3 is 2.29 bits per heavy atom.